The Hall–Kier alpha value is -2.25. The van der Waals surface area contributed by atoms with Gasteiger partial charge in [-0.15, -0.1) is 0 Å². The minimum atomic E-state index is 0.340. The zero-order chi connectivity index (χ0) is 15.2. The predicted octanol–water partition coefficient (Wildman–Crippen LogP) is 2.37. The highest BCUT2D eigenvalue weighted by Crippen LogP contribution is 2.20. The molecule has 0 aliphatic carbocycles. The fourth-order valence-corrected chi connectivity index (χ4v) is 2.25. The van der Waals surface area contributed by atoms with Crippen molar-refractivity contribution in [1.82, 2.24) is 9.55 Å². The zero-order valence-electron chi connectivity index (χ0n) is 12.8. The zero-order valence-corrected chi connectivity index (χ0v) is 12.8. The first kappa shape index (κ1) is 15.1. The van der Waals surface area contributed by atoms with Crippen molar-refractivity contribution in [3.63, 3.8) is 0 Å². The molecule has 0 radical (unpaired) electrons. The molecule has 2 N–H and O–H groups in total. The number of methoxy groups -OCH3 is 1. The molecule has 1 heterocycles. The first-order chi connectivity index (χ1) is 10.2. The highest BCUT2D eigenvalue weighted by molar-refractivity contribution is 5.48. The van der Waals surface area contributed by atoms with Gasteiger partial charge in [-0.1, -0.05) is 31.8 Å². The fourth-order valence-electron chi connectivity index (χ4n) is 2.25. The van der Waals surface area contributed by atoms with Gasteiger partial charge in [0.05, 0.1) is 19.2 Å². The molecule has 21 heavy (non-hydrogen) atoms. The fraction of sp³-hybridized carbons (Fsp3) is 0.353. The molecule has 2 aromatic rings. The third-order valence-corrected chi connectivity index (χ3v) is 3.21. The number of benzene rings is 1. The number of hydrogen-bond acceptors (Lipinski definition) is 3. The van der Waals surface area contributed by atoms with E-state index < -0.39 is 0 Å². The summed E-state index contributed by atoms with van der Waals surface area (Å²) >= 11 is 0. The average Bonchev–Trinajstić information content (AvgIpc) is 2.93. The maximum Gasteiger partial charge on any atom is 0.134 e. The molecule has 0 saturated heterocycles. The summed E-state index contributed by atoms with van der Waals surface area (Å²) in [5, 5.41) is 0. The molecule has 0 aliphatic rings. The van der Waals surface area contributed by atoms with Crippen molar-refractivity contribution in [1.29, 1.82) is 0 Å². The van der Waals surface area contributed by atoms with Crippen LogP contribution in [0.15, 0.2) is 30.6 Å². The lowest BCUT2D eigenvalue weighted by atomic mass is 10.1. The van der Waals surface area contributed by atoms with E-state index >= 15 is 0 Å². The van der Waals surface area contributed by atoms with Gasteiger partial charge in [-0.25, -0.2) is 4.98 Å². The summed E-state index contributed by atoms with van der Waals surface area (Å²) in [7, 11) is 1.65. The van der Waals surface area contributed by atoms with Crippen molar-refractivity contribution in [2.24, 2.45) is 5.73 Å². The van der Waals surface area contributed by atoms with Gasteiger partial charge < -0.3 is 15.0 Å². The van der Waals surface area contributed by atoms with Crippen molar-refractivity contribution in [2.75, 3.05) is 13.7 Å². The molecule has 0 spiro atoms. The summed E-state index contributed by atoms with van der Waals surface area (Å²) < 4.78 is 7.49. The number of rotatable bonds is 4. The van der Waals surface area contributed by atoms with Crippen LogP contribution in [0.3, 0.4) is 0 Å². The quantitative estimate of drug-likeness (QED) is 0.876. The Morgan fingerprint density at radius 3 is 2.86 bits per heavy atom. The molecule has 2 rings (SSSR count). The monoisotopic (exact) mass is 283 g/mol. The Kier molecular flexibility index (Phi) is 5.02. The van der Waals surface area contributed by atoms with Gasteiger partial charge in [0, 0.05) is 24.9 Å². The van der Waals surface area contributed by atoms with Crippen LogP contribution in [-0.4, -0.2) is 23.2 Å². The number of aromatic nitrogens is 2. The number of imidazole rings is 1. The van der Waals surface area contributed by atoms with E-state index in [0.717, 1.165) is 29.2 Å². The third-order valence-electron chi connectivity index (χ3n) is 3.21. The van der Waals surface area contributed by atoms with Gasteiger partial charge in [-0.05, 0) is 17.7 Å². The van der Waals surface area contributed by atoms with Crippen LogP contribution in [0.25, 0.3) is 0 Å². The summed E-state index contributed by atoms with van der Waals surface area (Å²) in [6.45, 7) is 5.40. The number of nitrogens with zero attached hydrogens (tertiary/aromatic N) is 2. The molecular formula is C17H21N3O. The van der Waals surface area contributed by atoms with Gasteiger partial charge in [0.15, 0.2) is 0 Å². The van der Waals surface area contributed by atoms with Gasteiger partial charge in [-0.3, -0.25) is 0 Å². The Balaban J connectivity index is 2.30. The standard InChI is InChI=1S/C17H21N3O/c1-13(2)17-19-9-10-20(17)12-14-6-7-16(21-3)15(11-14)5-4-8-18/h6-7,9-11,13H,8,12,18H2,1-3H3. The van der Waals surface area contributed by atoms with Crippen LogP contribution < -0.4 is 10.5 Å². The van der Waals surface area contributed by atoms with Gasteiger partial charge in [-0.2, -0.15) is 0 Å². The third kappa shape index (κ3) is 3.65. The van der Waals surface area contributed by atoms with Gasteiger partial charge in [0.2, 0.25) is 0 Å². The maximum absolute atomic E-state index is 5.44. The minimum absolute atomic E-state index is 0.340. The number of hydrogen-bond donors (Lipinski definition) is 1. The molecule has 1 aromatic heterocycles. The molecule has 0 aliphatic heterocycles. The highest BCUT2D eigenvalue weighted by Gasteiger charge is 2.08. The summed E-state index contributed by atoms with van der Waals surface area (Å²) in [6.07, 6.45) is 3.85. The van der Waals surface area contributed by atoms with Crippen molar-refractivity contribution in [2.45, 2.75) is 26.3 Å². The largest absolute Gasteiger partial charge is 0.495 e. The molecule has 0 atom stereocenters. The van der Waals surface area contributed by atoms with Gasteiger partial charge >= 0.3 is 0 Å². The van der Waals surface area contributed by atoms with E-state index in [2.05, 4.69) is 41.3 Å². The summed E-state index contributed by atoms with van der Waals surface area (Å²) in [4.78, 5) is 4.41. The molecule has 110 valence electrons. The molecule has 0 bridgehead atoms. The molecule has 0 amide bonds. The minimum Gasteiger partial charge on any atom is -0.495 e. The van der Waals surface area contributed by atoms with E-state index in [1.165, 1.54) is 0 Å². The molecule has 4 nitrogen and oxygen atoms in total. The van der Waals surface area contributed by atoms with Crippen LogP contribution in [0.4, 0.5) is 0 Å². The number of nitrogens with two attached hydrogens (primary N) is 1. The van der Waals surface area contributed by atoms with Crippen molar-refractivity contribution < 1.29 is 4.74 Å². The maximum atomic E-state index is 5.44. The van der Waals surface area contributed by atoms with Crippen LogP contribution in [0, 0.1) is 11.8 Å². The Labute approximate surface area is 125 Å². The van der Waals surface area contributed by atoms with Crippen molar-refractivity contribution >= 4 is 0 Å². The average molecular weight is 283 g/mol. The second kappa shape index (κ2) is 6.96. The van der Waals surface area contributed by atoms with E-state index in [0.29, 0.717) is 12.5 Å². The van der Waals surface area contributed by atoms with Crippen LogP contribution >= 0.6 is 0 Å². The molecule has 0 fully saturated rings. The molecule has 0 unspecified atom stereocenters. The Morgan fingerprint density at radius 1 is 1.38 bits per heavy atom. The lowest BCUT2D eigenvalue weighted by Crippen LogP contribution is -2.06. The Bertz CT molecular complexity index is 662. The van der Waals surface area contributed by atoms with E-state index in [4.69, 9.17) is 10.5 Å². The second-order valence-corrected chi connectivity index (χ2v) is 5.11. The van der Waals surface area contributed by atoms with Crippen LogP contribution in [-0.2, 0) is 6.54 Å². The summed E-state index contributed by atoms with van der Waals surface area (Å²) in [6, 6.07) is 6.05. The van der Waals surface area contributed by atoms with Crippen molar-refractivity contribution in [3.05, 3.63) is 47.5 Å². The van der Waals surface area contributed by atoms with Gasteiger partial charge in [0.25, 0.3) is 0 Å². The van der Waals surface area contributed by atoms with E-state index in [1.807, 2.05) is 24.5 Å². The van der Waals surface area contributed by atoms with Crippen LogP contribution in [0.1, 0.15) is 36.7 Å². The first-order valence-electron chi connectivity index (χ1n) is 7.02. The van der Waals surface area contributed by atoms with Crippen molar-refractivity contribution in [3.8, 4) is 17.6 Å². The SMILES string of the molecule is COc1ccc(Cn2ccnc2C(C)C)cc1C#CCN. The summed E-state index contributed by atoms with van der Waals surface area (Å²) in [5.41, 5.74) is 7.47. The molecule has 4 heteroatoms. The van der Waals surface area contributed by atoms with E-state index in [-0.39, 0.29) is 0 Å². The molecule has 0 saturated carbocycles. The summed E-state index contributed by atoms with van der Waals surface area (Å²) in [5.74, 6) is 8.18. The molecular weight excluding hydrogens is 262 g/mol. The molecule has 1 aromatic carbocycles. The normalized spacial score (nSPS) is 10.3. The lowest BCUT2D eigenvalue weighted by Gasteiger charge is -2.12. The number of ether oxygens (including phenoxy) is 1. The van der Waals surface area contributed by atoms with Gasteiger partial charge in [0.1, 0.15) is 11.6 Å². The van der Waals surface area contributed by atoms with Crippen LogP contribution in [0.5, 0.6) is 5.75 Å². The smallest absolute Gasteiger partial charge is 0.134 e. The first-order valence-corrected chi connectivity index (χ1v) is 7.02. The van der Waals surface area contributed by atoms with E-state index in [9.17, 15) is 0 Å². The lowest BCUT2D eigenvalue weighted by molar-refractivity contribution is 0.413. The van der Waals surface area contributed by atoms with Crippen LogP contribution in [0.2, 0.25) is 0 Å². The second-order valence-electron chi connectivity index (χ2n) is 5.11. The predicted molar refractivity (Wildman–Crippen MR) is 84.3 cm³/mol. The highest BCUT2D eigenvalue weighted by atomic mass is 16.5. The van der Waals surface area contributed by atoms with E-state index in [1.54, 1.807) is 7.11 Å². The Morgan fingerprint density at radius 2 is 2.19 bits per heavy atom. The topological polar surface area (TPSA) is 53.1 Å².